The molecule has 0 heterocycles. The second-order valence-corrected chi connectivity index (χ2v) is 4.70. The minimum atomic E-state index is -3.41. The maximum absolute atomic E-state index is 12.9. The highest BCUT2D eigenvalue weighted by Crippen LogP contribution is 2.08. The van der Waals surface area contributed by atoms with Crippen LogP contribution in [0, 0.1) is 0 Å². The van der Waals surface area contributed by atoms with Crippen molar-refractivity contribution in [1.82, 2.24) is 0 Å². The number of hydrogen-bond acceptors (Lipinski definition) is 3. The van der Waals surface area contributed by atoms with E-state index in [4.69, 9.17) is 0 Å². The standard InChI is InChI=1S/C8H17FO3S/c1-3-4-5-8(9)6-7-12-13(2,10)11/h8H,3-7H2,1-2H3/t8-/m0/s1. The van der Waals surface area contributed by atoms with Gasteiger partial charge >= 0.3 is 0 Å². The molecule has 5 heteroatoms. The van der Waals surface area contributed by atoms with Crippen LogP contribution in [0.5, 0.6) is 0 Å². The number of rotatable bonds is 7. The summed E-state index contributed by atoms with van der Waals surface area (Å²) >= 11 is 0. The summed E-state index contributed by atoms with van der Waals surface area (Å²) in [5.74, 6) is 0. The van der Waals surface area contributed by atoms with E-state index < -0.39 is 16.3 Å². The van der Waals surface area contributed by atoms with Gasteiger partial charge in [0, 0.05) is 6.42 Å². The lowest BCUT2D eigenvalue weighted by molar-refractivity contribution is 0.228. The third-order valence-electron chi connectivity index (χ3n) is 1.60. The summed E-state index contributed by atoms with van der Waals surface area (Å²) in [4.78, 5) is 0. The lowest BCUT2D eigenvalue weighted by Crippen LogP contribution is -2.09. The van der Waals surface area contributed by atoms with E-state index in [1.165, 1.54) is 0 Å². The van der Waals surface area contributed by atoms with Crippen LogP contribution in [0.25, 0.3) is 0 Å². The first-order chi connectivity index (χ1) is 5.95. The molecule has 0 saturated heterocycles. The third-order valence-corrected chi connectivity index (χ3v) is 2.19. The molecule has 0 amide bonds. The molecule has 0 N–H and O–H groups in total. The van der Waals surface area contributed by atoms with Crippen molar-refractivity contribution in [3.63, 3.8) is 0 Å². The van der Waals surface area contributed by atoms with Crippen molar-refractivity contribution in [2.45, 2.75) is 38.8 Å². The van der Waals surface area contributed by atoms with Crippen LogP contribution in [-0.4, -0.2) is 27.5 Å². The fourth-order valence-corrected chi connectivity index (χ4v) is 1.30. The predicted octanol–water partition coefficient (Wildman–Crippen LogP) is 1.88. The van der Waals surface area contributed by atoms with Gasteiger partial charge in [-0.05, 0) is 6.42 Å². The Morgan fingerprint density at radius 3 is 2.46 bits per heavy atom. The molecule has 0 radical (unpaired) electrons. The Bertz CT molecular complexity index is 213. The Balaban J connectivity index is 3.42. The highest BCUT2D eigenvalue weighted by Gasteiger charge is 2.08. The molecule has 0 aliphatic rings. The van der Waals surface area contributed by atoms with E-state index in [2.05, 4.69) is 4.18 Å². The first kappa shape index (κ1) is 12.8. The van der Waals surface area contributed by atoms with Gasteiger partial charge in [-0.2, -0.15) is 8.42 Å². The van der Waals surface area contributed by atoms with Gasteiger partial charge in [0.05, 0.1) is 12.9 Å². The van der Waals surface area contributed by atoms with Crippen LogP contribution < -0.4 is 0 Å². The van der Waals surface area contributed by atoms with Crippen LogP contribution in [0.2, 0.25) is 0 Å². The summed E-state index contributed by atoms with van der Waals surface area (Å²) in [6, 6.07) is 0. The highest BCUT2D eigenvalue weighted by molar-refractivity contribution is 7.85. The van der Waals surface area contributed by atoms with Gasteiger partial charge < -0.3 is 0 Å². The average molecular weight is 212 g/mol. The van der Waals surface area contributed by atoms with Crippen molar-refractivity contribution in [1.29, 1.82) is 0 Å². The van der Waals surface area contributed by atoms with E-state index in [0.29, 0.717) is 6.42 Å². The summed E-state index contributed by atoms with van der Waals surface area (Å²) in [7, 11) is -3.41. The third kappa shape index (κ3) is 9.76. The number of alkyl halides is 1. The highest BCUT2D eigenvalue weighted by atomic mass is 32.2. The van der Waals surface area contributed by atoms with Crippen molar-refractivity contribution in [2.24, 2.45) is 0 Å². The molecule has 0 rings (SSSR count). The zero-order chi connectivity index (χ0) is 10.3. The normalized spacial score (nSPS) is 14.4. The number of hydrogen-bond donors (Lipinski definition) is 0. The van der Waals surface area contributed by atoms with E-state index in [1.807, 2.05) is 6.92 Å². The van der Waals surface area contributed by atoms with Crippen LogP contribution in [0.15, 0.2) is 0 Å². The molecule has 0 unspecified atom stereocenters. The van der Waals surface area contributed by atoms with Crippen molar-refractivity contribution in [3.05, 3.63) is 0 Å². The second kappa shape index (κ2) is 6.32. The largest absolute Gasteiger partial charge is 0.270 e. The van der Waals surface area contributed by atoms with Gasteiger partial charge in [-0.1, -0.05) is 19.8 Å². The van der Waals surface area contributed by atoms with Crippen LogP contribution in [-0.2, 0) is 14.3 Å². The molecule has 80 valence electrons. The molecule has 0 aromatic carbocycles. The van der Waals surface area contributed by atoms with Crippen LogP contribution in [0.3, 0.4) is 0 Å². The number of halogens is 1. The van der Waals surface area contributed by atoms with Gasteiger partial charge in [0.25, 0.3) is 10.1 Å². The van der Waals surface area contributed by atoms with Crippen molar-refractivity contribution >= 4 is 10.1 Å². The van der Waals surface area contributed by atoms with Gasteiger partial charge in [0.15, 0.2) is 0 Å². The molecule has 1 atom stereocenters. The minimum Gasteiger partial charge on any atom is -0.270 e. The Labute approximate surface area is 79.4 Å². The lowest BCUT2D eigenvalue weighted by Gasteiger charge is -2.06. The smallest absolute Gasteiger partial charge is 0.264 e. The molecule has 0 aromatic heterocycles. The zero-order valence-electron chi connectivity index (χ0n) is 8.12. The van der Waals surface area contributed by atoms with Crippen LogP contribution >= 0.6 is 0 Å². The molecule has 0 fully saturated rings. The van der Waals surface area contributed by atoms with E-state index in [0.717, 1.165) is 19.1 Å². The van der Waals surface area contributed by atoms with Gasteiger partial charge in [-0.15, -0.1) is 0 Å². The molecule has 0 spiro atoms. The molecule has 0 bridgehead atoms. The maximum atomic E-state index is 12.9. The summed E-state index contributed by atoms with van der Waals surface area (Å²) in [5, 5.41) is 0. The predicted molar refractivity (Wildman–Crippen MR) is 49.8 cm³/mol. The topological polar surface area (TPSA) is 43.4 Å². The van der Waals surface area contributed by atoms with Crippen molar-refractivity contribution in [3.8, 4) is 0 Å². The molecule has 13 heavy (non-hydrogen) atoms. The Morgan fingerprint density at radius 2 is 2.00 bits per heavy atom. The molecule has 0 aliphatic heterocycles. The van der Waals surface area contributed by atoms with Crippen LogP contribution in [0.4, 0.5) is 4.39 Å². The fourth-order valence-electron chi connectivity index (χ4n) is 0.897. The van der Waals surface area contributed by atoms with E-state index in [9.17, 15) is 12.8 Å². The maximum Gasteiger partial charge on any atom is 0.264 e. The van der Waals surface area contributed by atoms with E-state index in [1.54, 1.807) is 0 Å². The summed E-state index contributed by atoms with van der Waals surface area (Å²) < 4.78 is 38.3. The quantitative estimate of drug-likeness (QED) is 0.605. The van der Waals surface area contributed by atoms with Gasteiger partial charge in [0.2, 0.25) is 0 Å². The molecular formula is C8H17FO3S. The summed E-state index contributed by atoms with van der Waals surface area (Å²) in [6.07, 6.45) is 2.46. The van der Waals surface area contributed by atoms with Gasteiger partial charge in [0.1, 0.15) is 6.17 Å². The first-order valence-electron chi connectivity index (χ1n) is 4.44. The Kier molecular flexibility index (Phi) is 6.24. The van der Waals surface area contributed by atoms with Gasteiger partial charge in [-0.3, -0.25) is 4.18 Å². The Morgan fingerprint density at radius 1 is 1.38 bits per heavy atom. The second-order valence-electron chi connectivity index (χ2n) is 3.05. The number of unbranched alkanes of at least 4 members (excludes halogenated alkanes) is 1. The van der Waals surface area contributed by atoms with Crippen molar-refractivity contribution < 1.29 is 17.0 Å². The SMILES string of the molecule is CCCC[C@H](F)CCOS(C)(=O)=O. The van der Waals surface area contributed by atoms with Gasteiger partial charge in [-0.25, -0.2) is 4.39 Å². The fraction of sp³-hybridized carbons (Fsp3) is 1.00. The summed E-state index contributed by atoms with van der Waals surface area (Å²) in [5.41, 5.74) is 0. The molecule has 0 aromatic rings. The monoisotopic (exact) mass is 212 g/mol. The lowest BCUT2D eigenvalue weighted by atomic mass is 10.1. The zero-order valence-corrected chi connectivity index (χ0v) is 8.94. The molecule has 0 aliphatic carbocycles. The molecular weight excluding hydrogens is 195 g/mol. The van der Waals surface area contributed by atoms with Crippen molar-refractivity contribution in [2.75, 3.05) is 12.9 Å². The average Bonchev–Trinajstić information content (AvgIpc) is 1.98. The minimum absolute atomic E-state index is 0.0519. The first-order valence-corrected chi connectivity index (χ1v) is 6.26. The molecule has 0 saturated carbocycles. The van der Waals surface area contributed by atoms with E-state index in [-0.39, 0.29) is 13.0 Å². The van der Waals surface area contributed by atoms with Crippen LogP contribution in [0.1, 0.15) is 32.6 Å². The Hall–Kier alpha value is -0.160. The molecule has 3 nitrogen and oxygen atoms in total. The summed E-state index contributed by atoms with van der Waals surface area (Å²) in [6.45, 7) is 1.93. The van der Waals surface area contributed by atoms with E-state index >= 15 is 0 Å².